The van der Waals surface area contributed by atoms with E-state index in [0.717, 1.165) is 0 Å². The van der Waals surface area contributed by atoms with Crippen molar-refractivity contribution in [1.82, 2.24) is 9.80 Å². The van der Waals surface area contributed by atoms with Gasteiger partial charge in [0, 0.05) is 37.5 Å². The van der Waals surface area contributed by atoms with E-state index in [1.165, 1.54) is 0 Å². The largest absolute Gasteiger partial charge is 0.342 e. The van der Waals surface area contributed by atoms with E-state index >= 15 is 0 Å². The Labute approximate surface area is 147 Å². The molecular weight excluding hydrogens is 302 g/mol. The van der Waals surface area contributed by atoms with E-state index in [9.17, 15) is 9.59 Å². The first-order valence-corrected chi connectivity index (χ1v) is 8.91. The summed E-state index contributed by atoms with van der Waals surface area (Å²) in [7, 11) is 0. The smallest absolute Gasteiger partial charge is 0.227 e. The third-order valence-electron chi connectivity index (χ3n) is 4.24. The van der Waals surface area contributed by atoms with Gasteiger partial charge in [-0.05, 0) is 18.3 Å². The number of hydrogen-bond acceptors (Lipinski definition) is 3. The van der Waals surface area contributed by atoms with Gasteiger partial charge in [0.15, 0.2) is 0 Å². The van der Waals surface area contributed by atoms with Crippen molar-refractivity contribution in [2.45, 2.75) is 60.8 Å². The Balaban J connectivity index is 2.67. The number of likely N-dealkylation sites (tertiary alicyclic amines) is 1. The van der Waals surface area contributed by atoms with Gasteiger partial charge in [-0.3, -0.25) is 9.59 Å². The molecule has 0 aliphatic carbocycles. The van der Waals surface area contributed by atoms with Crippen LogP contribution >= 0.6 is 0 Å². The fourth-order valence-corrected chi connectivity index (χ4v) is 3.09. The molecule has 0 aromatic rings. The number of hydrogen-bond donors (Lipinski definition) is 0. The normalized spacial score (nSPS) is 16.6. The summed E-state index contributed by atoms with van der Waals surface area (Å²) in [4.78, 5) is 28.9. The summed E-state index contributed by atoms with van der Waals surface area (Å²) < 4.78 is 0. The molecule has 0 radical (unpaired) electrons. The second-order valence-electron chi connectivity index (χ2n) is 9.05. The van der Waals surface area contributed by atoms with Crippen LogP contribution in [-0.2, 0) is 9.59 Å². The van der Waals surface area contributed by atoms with Crippen LogP contribution in [0.25, 0.3) is 0 Å². The molecule has 5 heteroatoms. The maximum absolute atomic E-state index is 12.9. The maximum Gasteiger partial charge on any atom is 0.227 e. The molecule has 0 aromatic carbocycles. The highest BCUT2D eigenvalue weighted by atomic mass is 16.2. The minimum atomic E-state index is -0.373. The Kier molecular flexibility index (Phi) is 6.83. The monoisotopic (exact) mass is 335 g/mol. The predicted octanol–water partition coefficient (Wildman–Crippen LogP) is 3.06. The first-order chi connectivity index (χ1) is 11.0. The molecule has 1 aliphatic rings. The molecule has 1 saturated heterocycles. The Morgan fingerprint density at radius 2 is 1.67 bits per heavy atom. The lowest BCUT2D eigenvalue weighted by molar-refractivity contribution is -0.145. The molecule has 1 fully saturated rings. The molecule has 0 spiro atoms. The Hall–Kier alpha value is -1.57. The molecule has 1 rings (SSSR count). The molecule has 1 aliphatic heterocycles. The van der Waals surface area contributed by atoms with Gasteiger partial charge in [-0.15, -0.1) is 0 Å². The van der Waals surface area contributed by atoms with Gasteiger partial charge in [0.1, 0.15) is 0 Å². The second-order valence-corrected chi connectivity index (χ2v) is 9.05. The van der Waals surface area contributed by atoms with Gasteiger partial charge in [-0.25, -0.2) is 0 Å². The van der Waals surface area contributed by atoms with Gasteiger partial charge < -0.3 is 9.80 Å². The maximum atomic E-state index is 12.9. The van der Waals surface area contributed by atoms with Crippen LogP contribution in [0.5, 0.6) is 0 Å². The van der Waals surface area contributed by atoms with Crippen LogP contribution in [-0.4, -0.2) is 47.8 Å². The lowest BCUT2D eigenvalue weighted by Gasteiger charge is -2.38. The van der Waals surface area contributed by atoms with Gasteiger partial charge in [-0.1, -0.05) is 41.5 Å². The molecule has 136 valence electrons. The molecule has 0 atom stereocenters. The summed E-state index contributed by atoms with van der Waals surface area (Å²) in [5.74, 6) is 0.266. The van der Waals surface area contributed by atoms with Crippen LogP contribution in [0.3, 0.4) is 0 Å². The van der Waals surface area contributed by atoms with Gasteiger partial charge in [0.05, 0.1) is 12.5 Å². The van der Waals surface area contributed by atoms with Crippen LogP contribution in [0.1, 0.15) is 60.8 Å². The van der Waals surface area contributed by atoms with Crippen molar-refractivity contribution in [1.29, 1.82) is 5.26 Å². The van der Waals surface area contributed by atoms with E-state index in [1.54, 1.807) is 0 Å². The van der Waals surface area contributed by atoms with Crippen molar-refractivity contribution in [3.05, 3.63) is 0 Å². The zero-order valence-corrected chi connectivity index (χ0v) is 16.2. The van der Waals surface area contributed by atoms with Crippen LogP contribution in [0.2, 0.25) is 0 Å². The number of rotatable bonds is 4. The van der Waals surface area contributed by atoms with Crippen molar-refractivity contribution in [2.24, 2.45) is 16.7 Å². The van der Waals surface area contributed by atoms with Gasteiger partial charge in [-0.2, -0.15) is 5.26 Å². The molecule has 5 nitrogen and oxygen atoms in total. The van der Waals surface area contributed by atoms with Crippen molar-refractivity contribution in [2.75, 3.05) is 26.2 Å². The Bertz CT molecular complexity index is 486. The molecular formula is C19H33N3O2. The van der Waals surface area contributed by atoms with E-state index in [4.69, 9.17) is 5.26 Å². The minimum Gasteiger partial charge on any atom is -0.342 e. The quantitative estimate of drug-likeness (QED) is 0.793. The highest BCUT2D eigenvalue weighted by Gasteiger charge is 2.34. The van der Waals surface area contributed by atoms with Crippen molar-refractivity contribution in [3.8, 4) is 6.07 Å². The van der Waals surface area contributed by atoms with Crippen molar-refractivity contribution in [3.63, 3.8) is 0 Å². The molecule has 2 amide bonds. The molecule has 0 unspecified atom stereocenters. The van der Waals surface area contributed by atoms with Gasteiger partial charge in [0.25, 0.3) is 0 Å². The average molecular weight is 335 g/mol. The fourth-order valence-electron chi connectivity index (χ4n) is 3.09. The van der Waals surface area contributed by atoms with Crippen LogP contribution in [0.15, 0.2) is 0 Å². The summed E-state index contributed by atoms with van der Waals surface area (Å²) in [5.41, 5.74) is -0.365. The van der Waals surface area contributed by atoms with E-state index in [2.05, 4.69) is 26.8 Å². The highest BCUT2D eigenvalue weighted by Crippen LogP contribution is 2.26. The van der Waals surface area contributed by atoms with Gasteiger partial charge >= 0.3 is 0 Å². The Morgan fingerprint density at radius 1 is 1.12 bits per heavy atom. The van der Waals surface area contributed by atoms with Crippen molar-refractivity contribution < 1.29 is 9.59 Å². The Morgan fingerprint density at radius 3 is 2.08 bits per heavy atom. The molecule has 0 aromatic heterocycles. The summed E-state index contributed by atoms with van der Waals surface area (Å²) in [6, 6.07) is 2.13. The number of carbonyl (C=O) groups is 2. The van der Waals surface area contributed by atoms with Crippen LogP contribution in [0.4, 0.5) is 0 Å². The third kappa shape index (κ3) is 6.14. The SMILES string of the molecule is CC(C)(C)CN(CCC#N)C(=O)C1CCN(C(=O)C(C)(C)C)CC1. The summed E-state index contributed by atoms with van der Waals surface area (Å²) in [5, 5.41) is 8.85. The van der Waals surface area contributed by atoms with Crippen LogP contribution < -0.4 is 0 Å². The predicted molar refractivity (Wildman–Crippen MR) is 95.0 cm³/mol. The summed E-state index contributed by atoms with van der Waals surface area (Å²) in [6.45, 7) is 14.5. The van der Waals surface area contributed by atoms with E-state index in [-0.39, 0.29) is 28.6 Å². The molecule has 24 heavy (non-hydrogen) atoms. The lowest BCUT2D eigenvalue weighted by Crippen LogP contribution is -2.48. The highest BCUT2D eigenvalue weighted by molar-refractivity contribution is 5.82. The molecule has 0 bridgehead atoms. The first kappa shape index (κ1) is 20.5. The molecule has 0 N–H and O–H groups in total. The average Bonchev–Trinajstić information content (AvgIpc) is 2.48. The first-order valence-electron chi connectivity index (χ1n) is 8.91. The van der Waals surface area contributed by atoms with Crippen molar-refractivity contribution >= 4 is 11.8 Å². The minimum absolute atomic E-state index is 0.00795. The summed E-state index contributed by atoms with van der Waals surface area (Å²) in [6.07, 6.45) is 1.80. The second kappa shape index (κ2) is 8.00. The zero-order valence-electron chi connectivity index (χ0n) is 16.2. The zero-order chi connectivity index (χ0) is 18.5. The number of amides is 2. The fraction of sp³-hybridized carbons (Fsp3) is 0.842. The molecule has 0 saturated carbocycles. The van der Waals surface area contributed by atoms with Gasteiger partial charge in [0.2, 0.25) is 11.8 Å². The summed E-state index contributed by atoms with van der Waals surface area (Å²) >= 11 is 0. The lowest BCUT2D eigenvalue weighted by atomic mass is 9.89. The number of nitriles is 1. The number of piperidine rings is 1. The van der Waals surface area contributed by atoms with E-state index in [1.807, 2.05) is 30.6 Å². The topological polar surface area (TPSA) is 64.4 Å². The van der Waals surface area contributed by atoms with E-state index in [0.29, 0.717) is 45.4 Å². The van der Waals surface area contributed by atoms with E-state index < -0.39 is 0 Å². The standard InChI is InChI=1S/C19H33N3O2/c1-18(2,3)14-22(11-7-10-20)16(23)15-8-12-21(13-9-15)17(24)19(4,5)6/h15H,7-9,11-14H2,1-6H3. The number of carbonyl (C=O) groups excluding carboxylic acids is 2. The third-order valence-corrected chi connectivity index (χ3v) is 4.24. The molecule has 1 heterocycles. The number of nitrogens with zero attached hydrogens (tertiary/aromatic N) is 3. The van der Waals surface area contributed by atoms with Crippen LogP contribution in [0, 0.1) is 28.1 Å².